The van der Waals surface area contributed by atoms with Gasteiger partial charge in [0.15, 0.2) is 11.2 Å². The summed E-state index contributed by atoms with van der Waals surface area (Å²) in [7, 11) is 0. The molecule has 2 aliphatic heterocycles. The number of aryl methyl sites for hydroxylation is 6. The van der Waals surface area contributed by atoms with Gasteiger partial charge < -0.3 is 28.4 Å². The van der Waals surface area contributed by atoms with Crippen molar-refractivity contribution >= 4 is 135 Å². The van der Waals surface area contributed by atoms with Gasteiger partial charge in [0.1, 0.15) is 11.2 Å². The van der Waals surface area contributed by atoms with Gasteiger partial charge in [0.25, 0.3) is 6.71 Å². The van der Waals surface area contributed by atoms with E-state index in [1.807, 2.05) is 0 Å². The molecular weight excluding hydrogens is 964 g/mol. The molecule has 0 saturated carbocycles. The quantitative estimate of drug-likeness (QED) is 0.141. The molecule has 0 unspecified atom stereocenters. The zero-order chi connectivity index (χ0) is 53.2. The van der Waals surface area contributed by atoms with Crippen LogP contribution in [0.1, 0.15) is 33.4 Å². The molecule has 0 bridgehead atoms. The molecule has 13 aromatic rings. The maximum Gasteiger partial charge on any atom is 0.252 e. The summed E-state index contributed by atoms with van der Waals surface area (Å²) >= 11 is 0. The highest BCUT2D eigenvalue weighted by Gasteiger charge is 2.46. The van der Waals surface area contributed by atoms with Gasteiger partial charge in [-0.05, 0) is 165 Å². The van der Waals surface area contributed by atoms with E-state index in [1.54, 1.807) is 0 Å². The first-order valence-corrected chi connectivity index (χ1v) is 27.4. The Morgan fingerprint density at radius 1 is 0.316 bits per heavy atom. The highest BCUT2D eigenvalue weighted by Crippen LogP contribution is 2.52. The van der Waals surface area contributed by atoms with Crippen LogP contribution in [-0.4, -0.2) is 6.71 Å². The summed E-state index contributed by atoms with van der Waals surface area (Å²) in [5.41, 5.74) is 27.3. The van der Waals surface area contributed by atoms with E-state index in [4.69, 9.17) is 8.83 Å². The molecule has 0 atom stereocenters. The Morgan fingerprint density at radius 2 is 0.658 bits per heavy atom. The third-order valence-electron chi connectivity index (χ3n) is 16.5. The van der Waals surface area contributed by atoms with E-state index < -0.39 is 0 Å². The first-order chi connectivity index (χ1) is 38.7. The molecule has 6 nitrogen and oxygen atoms in total. The number of furan rings is 2. The molecular formula is C72H55BN4O2. The van der Waals surface area contributed by atoms with Crippen molar-refractivity contribution in [3.05, 3.63) is 258 Å². The fourth-order valence-electron chi connectivity index (χ4n) is 13.5. The van der Waals surface area contributed by atoms with Crippen molar-refractivity contribution in [2.45, 2.75) is 41.5 Å². The summed E-state index contributed by atoms with van der Waals surface area (Å²) in [6.45, 7) is 13.2. The van der Waals surface area contributed by atoms with Crippen molar-refractivity contribution in [1.29, 1.82) is 0 Å². The van der Waals surface area contributed by atoms with E-state index in [9.17, 15) is 0 Å². The van der Waals surface area contributed by atoms with Crippen LogP contribution in [0.5, 0.6) is 0 Å². The first-order valence-electron chi connectivity index (χ1n) is 27.4. The summed E-state index contributed by atoms with van der Waals surface area (Å²) in [5, 5.41) is 4.29. The molecule has 2 aliphatic rings. The average Bonchev–Trinajstić information content (AvgIpc) is 3.95. The molecule has 15 rings (SSSR count). The molecule has 0 aliphatic carbocycles. The molecule has 2 aromatic heterocycles. The van der Waals surface area contributed by atoms with Crippen LogP contribution in [-0.2, 0) is 0 Å². The van der Waals surface area contributed by atoms with E-state index in [2.05, 4.69) is 286 Å². The Balaban J connectivity index is 1.00. The number of fused-ring (bicyclic) bond motifs is 12. The number of benzene rings is 11. The van der Waals surface area contributed by atoms with E-state index in [0.29, 0.717) is 0 Å². The number of nitrogens with zero attached hydrogens (tertiary/aromatic N) is 4. The van der Waals surface area contributed by atoms with Gasteiger partial charge in [0.2, 0.25) is 0 Å². The topological polar surface area (TPSA) is 39.2 Å². The molecule has 7 heteroatoms. The van der Waals surface area contributed by atoms with Crippen LogP contribution in [0.15, 0.2) is 233 Å². The van der Waals surface area contributed by atoms with Crippen molar-refractivity contribution < 1.29 is 8.83 Å². The lowest BCUT2D eigenvalue weighted by Crippen LogP contribution is -2.61. The SMILES string of the molecule is Cc1cc(C)c(N2c3cccc4c3B(c3ccc5c(oc6cc(N(c7ccccc7)c7ccccc7)ccc65)c32)c2ccc3c(oc5cc(N(c6ccccc6)c6ccccc6)ccc53)c2N4c2c(C)cc(C)cc2C)c(C)c1. The predicted molar refractivity (Wildman–Crippen MR) is 333 cm³/mol. The van der Waals surface area contributed by atoms with Crippen molar-refractivity contribution in [2.75, 3.05) is 19.6 Å². The normalized spacial score (nSPS) is 12.6. The second-order valence-electron chi connectivity index (χ2n) is 21.6. The Kier molecular flexibility index (Phi) is 10.6. The van der Waals surface area contributed by atoms with E-state index in [0.717, 1.165) is 112 Å². The number of rotatable bonds is 8. The largest absolute Gasteiger partial charge is 0.454 e. The third-order valence-corrected chi connectivity index (χ3v) is 16.5. The molecule has 0 radical (unpaired) electrons. The average molecular weight is 1020 g/mol. The highest BCUT2D eigenvalue weighted by atomic mass is 16.3. The summed E-state index contributed by atoms with van der Waals surface area (Å²) in [6.07, 6.45) is 0. The lowest BCUT2D eigenvalue weighted by atomic mass is 9.33. The number of hydrogen-bond donors (Lipinski definition) is 0. The Bertz CT molecular complexity index is 4170. The van der Waals surface area contributed by atoms with Gasteiger partial charge in [-0.15, -0.1) is 0 Å². The van der Waals surface area contributed by atoms with Crippen LogP contribution in [0.25, 0.3) is 43.9 Å². The van der Waals surface area contributed by atoms with Crippen molar-refractivity contribution in [3.63, 3.8) is 0 Å². The summed E-state index contributed by atoms with van der Waals surface area (Å²) in [6, 6.07) is 81.2. The molecule has 11 aromatic carbocycles. The summed E-state index contributed by atoms with van der Waals surface area (Å²) < 4.78 is 14.9. The van der Waals surface area contributed by atoms with Crippen LogP contribution >= 0.6 is 0 Å². The Morgan fingerprint density at radius 3 is 1.01 bits per heavy atom. The standard InChI is InChI=1S/C72H55BN4O2/c1-44-38-46(3)67(47(4)39-44)76-62-28-19-29-63-66(62)73(60-36-34-58-56-32-30-54(42-64(56)78-71(58)69(60)76)74(50-20-11-7-12-21-50)51-22-13-8-14-23-51)61-37-35-59-57-33-31-55(75(52-24-15-9-16-25-52)53-26-17-10-18-27-53)43-65(57)79-72(59)70(61)77(63)68-48(5)40-45(2)41-49(68)6/h7-43H,1-6H3. The van der Waals surface area contributed by atoms with Crippen LogP contribution in [0.4, 0.5) is 68.2 Å². The Labute approximate surface area is 460 Å². The molecule has 0 amide bonds. The minimum atomic E-state index is -0.180. The van der Waals surface area contributed by atoms with Crippen LogP contribution < -0.4 is 36.0 Å². The second-order valence-corrected chi connectivity index (χ2v) is 21.6. The summed E-state index contributed by atoms with van der Waals surface area (Å²) in [5.74, 6) is 0. The van der Waals surface area contributed by atoms with Gasteiger partial charge in [-0.1, -0.05) is 139 Å². The smallest absolute Gasteiger partial charge is 0.252 e. The number of anilines is 12. The number of hydrogen-bond acceptors (Lipinski definition) is 6. The third kappa shape index (κ3) is 7.19. The van der Waals surface area contributed by atoms with Gasteiger partial charge in [-0.2, -0.15) is 0 Å². The number of para-hydroxylation sites is 4. The second kappa shape index (κ2) is 17.9. The lowest BCUT2D eigenvalue weighted by Gasteiger charge is -2.45. The maximum absolute atomic E-state index is 7.45. The van der Waals surface area contributed by atoms with Crippen LogP contribution in [0.2, 0.25) is 0 Å². The summed E-state index contributed by atoms with van der Waals surface area (Å²) in [4.78, 5) is 9.67. The minimum absolute atomic E-state index is 0.180. The van der Waals surface area contributed by atoms with E-state index >= 15 is 0 Å². The van der Waals surface area contributed by atoms with Crippen molar-refractivity contribution in [1.82, 2.24) is 0 Å². The zero-order valence-corrected chi connectivity index (χ0v) is 45.0. The van der Waals surface area contributed by atoms with Gasteiger partial charge in [0.05, 0.1) is 22.7 Å². The van der Waals surface area contributed by atoms with Crippen LogP contribution in [0.3, 0.4) is 0 Å². The molecule has 378 valence electrons. The predicted octanol–water partition coefficient (Wildman–Crippen LogP) is 18.4. The molecule has 79 heavy (non-hydrogen) atoms. The minimum Gasteiger partial charge on any atom is -0.454 e. The molecule has 0 saturated heterocycles. The first kappa shape index (κ1) is 46.6. The van der Waals surface area contributed by atoms with Crippen LogP contribution in [0, 0.1) is 41.5 Å². The fraction of sp³-hybridized carbons (Fsp3) is 0.0833. The lowest BCUT2D eigenvalue weighted by molar-refractivity contribution is 0.669. The van der Waals surface area contributed by atoms with Gasteiger partial charge in [-0.25, -0.2) is 0 Å². The molecule has 0 spiro atoms. The Hall–Kier alpha value is -9.72. The highest BCUT2D eigenvalue weighted by molar-refractivity contribution is 7.00. The monoisotopic (exact) mass is 1020 g/mol. The van der Waals surface area contributed by atoms with Gasteiger partial charge >= 0.3 is 0 Å². The van der Waals surface area contributed by atoms with Crippen molar-refractivity contribution in [2.24, 2.45) is 0 Å². The van der Waals surface area contributed by atoms with E-state index in [1.165, 1.54) is 49.8 Å². The van der Waals surface area contributed by atoms with E-state index in [-0.39, 0.29) is 6.71 Å². The fourth-order valence-corrected chi connectivity index (χ4v) is 13.5. The zero-order valence-electron chi connectivity index (χ0n) is 45.0. The maximum atomic E-state index is 7.45. The molecule has 4 heterocycles. The van der Waals surface area contributed by atoms with Crippen molar-refractivity contribution in [3.8, 4) is 0 Å². The molecule has 0 fully saturated rings. The van der Waals surface area contributed by atoms with Gasteiger partial charge in [-0.3, -0.25) is 0 Å². The van der Waals surface area contributed by atoms with Gasteiger partial charge in [0, 0.05) is 79.2 Å². The molecule has 0 N–H and O–H groups in total.